The summed E-state index contributed by atoms with van der Waals surface area (Å²) in [5.74, 6) is 0.583. The molecule has 0 radical (unpaired) electrons. The van der Waals surface area contributed by atoms with Gasteiger partial charge in [0.2, 0.25) is 5.75 Å². The standard InChI is InChI=1S/C12H9IN2O3/c13-8-5-6-12(10(7-8)15(16)17)18-11-4-2-1-3-9(11)14/h1-7H,14H2. The molecule has 92 valence electrons. The maximum absolute atomic E-state index is 10.9. The van der Waals surface area contributed by atoms with Gasteiger partial charge >= 0.3 is 5.69 Å². The van der Waals surface area contributed by atoms with Gasteiger partial charge in [-0.3, -0.25) is 10.1 Å². The topological polar surface area (TPSA) is 78.4 Å². The number of para-hydroxylation sites is 2. The number of anilines is 1. The Labute approximate surface area is 117 Å². The van der Waals surface area contributed by atoms with Gasteiger partial charge in [-0.15, -0.1) is 0 Å². The summed E-state index contributed by atoms with van der Waals surface area (Å²) in [6.07, 6.45) is 0. The van der Waals surface area contributed by atoms with E-state index >= 15 is 0 Å². The quantitative estimate of drug-likeness (QED) is 0.395. The summed E-state index contributed by atoms with van der Waals surface area (Å²) in [5, 5.41) is 10.9. The molecule has 0 aromatic heterocycles. The minimum absolute atomic E-state index is 0.0786. The third-order valence-corrected chi connectivity index (χ3v) is 2.93. The Kier molecular flexibility index (Phi) is 3.66. The first-order valence-corrected chi connectivity index (χ1v) is 6.12. The molecule has 2 aromatic rings. The number of nitrogens with two attached hydrogens (primary N) is 1. The lowest BCUT2D eigenvalue weighted by Gasteiger charge is -2.08. The fraction of sp³-hybridized carbons (Fsp3) is 0. The SMILES string of the molecule is Nc1ccccc1Oc1ccc(I)cc1[N+](=O)[O-]. The van der Waals surface area contributed by atoms with Crippen molar-refractivity contribution in [2.45, 2.75) is 0 Å². The van der Waals surface area contributed by atoms with E-state index < -0.39 is 4.92 Å². The molecule has 0 saturated heterocycles. The first-order valence-electron chi connectivity index (χ1n) is 5.04. The van der Waals surface area contributed by atoms with E-state index in [0.717, 1.165) is 3.57 Å². The number of nitrogens with zero attached hydrogens (tertiary/aromatic N) is 1. The number of benzene rings is 2. The van der Waals surface area contributed by atoms with Crippen molar-refractivity contribution < 1.29 is 9.66 Å². The molecule has 0 spiro atoms. The largest absolute Gasteiger partial charge is 0.448 e. The summed E-state index contributed by atoms with van der Waals surface area (Å²) in [7, 11) is 0. The minimum atomic E-state index is -0.476. The molecule has 0 aliphatic heterocycles. The number of hydrogen-bond donors (Lipinski definition) is 1. The third kappa shape index (κ3) is 2.70. The highest BCUT2D eigenvalue weighted by Gasteiger charge is 2.16. The molecular formula is C12H9IN2O3. The second-order valence-electron chi connectivity index (χ2n) is 3.51. The number of halogens is 1. The first kappa shape index (κ1) is 12.6. The second-order valence-corrected chi connectivity index (χ2v) is 4.75. The van der Waals surface area contributed by atoms with Crippen molar-refractivity contribution in [3.8, 4) is 11.5 Å². The van der Waals surface area contributed by atoms with Crippen LogP contribution in [0.25, 0.3) is 0 Å². The fourth-order valence-corrected chi connectivity index (χ4v) is 1.89. The average Bonchev–Trinajstić information content (AvgIpc) is 2.34. The molecule has 6 heteroatoms. The van der Waals surface area contributed by atoms with Crippen LogP contribution in [0, 0.1) is 13.7 Å². The molecule has 0 bridgehead atoms. The van der Waals surface area contributed by atoms with E-state index in [-0.39, 0.29) is 11.4 Å². The molecule has 0 fully saturated rings. The molecule has 0 unspecified atom stereocenters. The number of nitro benzene ring substituents is 1. The number of rotatable bonds is 3. The molecule has 2 aromatic carbocycles. The van der Waals surface area contributed by atoms with Gasteiger partial charge in [0.05, 0.1) is 10.6 Å². The van der Waals surface area contributed by atoms with Crippen molar-refractivity contribution in [3.63, 3.8) is 0 Å². The lowest BCUT2D eigenvalue weighted by molar-refractivity contribution is -0.385. The Morgan fingerprint density at radius 1 is 1.17 bits per heavy atom. The normalized spacial score (nSPS) is 10.1. The molecule has 2 N–H and O–H groups in total. The molecule has 0 heterocycles. The average molecular weight is 356 g/mol. The van der Waals surface area contributed by atoms with Crippen LogP contribution >= 0.6 is 22.6 Å². The zero-order valence-electron chi connectivity index (χ0n) is 9.17. The van der Waals surface area contributed by atoms with Gasteiger partial charge in [0.15, 0.2) is 5.75 Å². The van der Waals surface area contributed by atoms with E-state index in [0.29, 0.717) is 11.4 Å². The van der Waals surface area contributed by atoms with Gasteiger partial charge in [-0.2, -0.15) is 0 Å². The van der Waals surface area contributed by atoms with Gasteiger partial charge in [-0.05, 0) is 46.9 Å². The van der Waals surface area contributed by atoms with E-state index in [9.17, 15) is 10.1 Å². The molecule has 18 heavy (non-hydrogen) atoms. The number of ether oxygens (including phenoxy) is 1. The Balaban J connectivity index is 2.41. The molecule has 0 aliphatic rings. The van der Waals surface area contributed by atoms with Crippen molar-refractivity contribution in [2.24, 2.45) is 0 Å². The molecule has 0 aliphatic carbocycles. The van der Waals surface area contributed by atoms with Crippen LogP contribution in [0.15, 0.2) is 42.5 Å². The van der Waals surface area contributed by atoms with Crippen molar-refractivity contribution in [3.05, 3.63) is 56.1 Å². The Bertz CT molecular complexity index is 602. The fourth-order valence-electron chi connectivity index (χ4n) is 1.41. The predicted molar refractivity (Wildman–Crippen MR) is 76.7 cm³/mol. The zero-order valence-corrected chi connectivity index (χ0v) is 11.3. The molecule has 0 saturated carbocycles. The number of nitro groups is 1. The van der Waals surface area contributed by atoms with Crippen LogP contribution in [0.4, 0.5) is 11.4 Å². The predicted octanol–water partition coefficient (Wildman–Crippen LogP) is 3.57. The van der Waals surface area contributed by atoms with Crippen LogP contribution in [0.1, 0.15) is 0 Å². The van der Waals surface area contributed by atoms with Crippen LogP contribution < -0.4 is 10.5 Å². The van der Waals surface area contributed by atoms with Crippen LogP contribution in [0.5, 0.6) is 11.5 Å². The highest BCUT2D eigenvalue weighted by molar-refractivity contribution is 14.1. The monoisotopic (exact) mass is 356 g/mol. The van der Waals surface area contributed by atoms with Crippen molar-refractivity contribution in [1.82, 2.24) is 0 Å². The maximum Gasteiger partial charge on any atom is 0.312 e. The van der Waals surface area contributed by atoms with E-state index in [2.05, 4.69) is 0 Å². The summed E-state index contributed by atoms with van der Waals surface area (Å²) in [6, 6.07) is 11.6. The highest BCUT2D eigenvalue weighted by Crippen LogP contribution is 2.34. The Morgan fingerprint density at radius 2 is 1.89 bits per heavy atom. The van der Waals surface area contributed by atoms with Crippen LogP contribution in [-0.2, 0) is 0 Å². The highest BCUT2D eigenvalue weighted by atomic mass is 127. The zero-order chi connectivity index (χ0) is 13.1. The molecule has 0 amide bonds. The summed E-state index contributed by atoms with van der Waals surface area (Å²) in [5.41, 5.74) is 6.09. The summed E-state index contributed by atoms with van der Waals surface area (Å²) in [6.45, 7) is 0. The third-order valence-electron chi connectivity index (χ3n) is 2.26. The van der Waals surface area contributed by atoms with Crippen LogP contribution in [0.3, 0.4) is 0 Å². The van der Waals surface area contributed by atoms with E-state index in [1.807, 2.05) is 22.6 Å². The van der Waals surface area contributed by atoms with E-state index in [1.54, 1.807) is 36.4 Å². The summed E-state index contributed by atoms with van der Waals surface area (Å²) in [4.78, 5) is 10.5. The first-order chi connectivity index (χ1) is 8.58. The molecular weight excluding hydrogens is 347 g/mol. The van der Waals surface area contributed by atoms with E-state index in [1.165, 1.54) is 6.07 Å². The van der Waals surface area contributed by atoms with Gasteiger partial charge in [0.25, 0.3) is 0 Å². The van der Waals surface area contributed by atoms with Crippen LogP contribution in [-0.4, -0.2) is 4.92 Å². The van der Waals surface area contributed by atoms with Crippen LogP contribution in [0.2, 0.25) is 0 Å². The molecule has 5 nitrogen and oxygen atoms in total. The second kappa shape index (κ2) is 5.21. The number of hydrogen-bond acceptors (Lipinski definition) is 4. The Hall–Kier alpha value is -1.83. The van der Waals surface area contributed by atoms with E-state index in [4.69, 9.17) is 10.5 Å². The van der Waals surface area contributed by atoms with Gasteiger partial charge in [-0.1, -0.05) is 12.1 Å². The maximum atomic E-state index is 10.9. The van der Waals surface area contributed by atoms with Gasteiger partial charge < -0.3 is 10.5 Å². The minimum Gasteiger partial charge on any atom is -0.448 e. The van der Waals surface area contributed by atoms with Gasteiger partial charge in [0.1, 0.15) is 0 Å². The van der Waals surface area contributed by atoms with Gasteiger partial charge in [0, 0.05) is 9.64 Å². The van der Waals surface area contributed by atoms with Crippen molar-refractivity contribution in [2.75, 3.05) is 5.73 Å². The summed E-state index contributed by atoms with van der Waals surface area (Å²) < 4.78 is 6.26. The molecule has 0 atom stereocenters. The van der Waals surface area contributed by atoms with Gasteiger partial charge in [-0.25, -0.2) is 0 Å². The lowest BCUT2D eigenvalue weighted by atomic mass is 10.3. The van der Waals surface area contributed by atoms with Crippen molar-refractivity contribution >= 4 is 34.0 Å². The summed E-state index contributed by atoms with van der Waals surface area (Å²) >= 11 is 2.01. The lowest BCUT2D eigenvalue weighted by Crippen LogP contribution is -1.96. The molecule has 2 rings (SSSR count). The van der Waals surface area contributed by atoms with Crippen molar-refractivity contribution in [1.29, 1.82) is 0 Å². The Morgan fingerprint density at radius 3 is 2.56 bits per heavy atom. The smallest absolute Gasteiger partial charge is 0.312 e. The number of nitrogen functional groups attached to an aromatic ring is 1.